The highest BCUT2D eigenvalue weighted by Crippen LogP contribution is 2.24. The van der Waals surface area contributed by atoms with Gasteiger partial charge in [0.15, 0.2) is 6.61 Å². The quantitative estimate of drug-likeness (QED) is 0.848. The van der Waals surface area contributed by atoms with E-state index in [4.69, 9.17) is 0 Å². The second-order valence-corrected chi connectivity index (χ2v) is 6.56. The summed E-state index contributed by atoms with van der Waals surface area (Å²) in [5, 5.41) is 0. The number of hydrogen-bond donors (Lipinski definition) is 0. The minimum Gasteiger partial charge on any atom is -0.439 e. The molecule has 1 aromatic carbocycles. The van der Waals surface area contributed by atoms with Crippen molar-refractivity contribution in [1.82, 2.24) is 14.8 Å². The van der Waals surface area contributed by atoms with Gasteiger partial charge in [-0.2, -0.15) is 0 Å². The standard InChI is InChI=1S/C15H13N3O4S/c19-13-7-22-15(21)18(13)6-9-4-17(5-9)14(20)10-1-2-11-12(3-10)23-8-16-11/h1-3,8-9H,4-7H2. The van der Waals surface area contributed by atoms with Gasteiger partial charge in [-0.3, -0.25) is 9.59 Å². The van der Waals surface area contributed by atoms with Crippen LogP contribution >= 0.6 is 11.3 Å². The van der Waals surface area contributed by atoms with E-state index in [1.165, 1.54) is 11.3 Å². The number of cyclic esters (lactones) is 1. The van der Waals surface area contributed by atoms with Gasteiger partial charge in [0.25, 0.3) is 11.8 Å². The lowest BCUT2D eigenvalue weighted by atomic mass is 9.98. The van der Waals surface area contributed by atoms with Crippen LogP contribution in [0.1, 0.15) is 10.4 Å². The zero-order valence-corrected chi connectivity index (χ0v) is 12.9. The molecular weight excluding hydrogens is 318 g/mol. The van der Waals surface area contributed by atoms with E-state index >= 15 is 0 Å². The van der Waals surface area contributed by atoms with Gasteiger partial charge in [0, 0.05) is 31.1 Å². The molecule has 1 aromatic heterocycles. The molecule has 0 spiro atoms. The van der Waals surface area contributed by atoms with Crippen LogP contribution in [-0.4, -0.2) is 58.9 Å². The second-order valence-electron chi connectivity index (χ2n) is 5.67. The van der Waals surface area contributed by atoms with Crippen LogP contribution in [0.5, 0.6) is 0 Å². The third kappa shape index (κ3) is 2.44. The molecule has 7 nitrogen and oxygen atoms in total. The number of aromatic nitrogens is 1. The number of carbonyl (C=O) groups excluding carboxylic acids is 3. The summed E-state index contributed by atoms with van der Waals surface area (Å²) in [6.45, 7) is 1.21. The molecule has 2 aliphatic heterocycles. The molecule has 2 saturated heterocycles. The number of rotatable bonds is 3. The topological polar surface area (TPSA) is 79.8 Å². The SMILES string of the molecule is O=C(c1ccc2ncsc2c1)N1CC(CN2C(=O)COC2=O)C1. The first-order valence-electron chi connectivity index (χ1n) is 7.21. The van der Waals surface area contributed by atoms with Crippen molar-refractivity contribution in [2.24, 2.45) is 5.92 Å². The molecule has 0 bridgehead atoms. The summed E-state index contributed by atoms with van der Waals surface area (Å²) < 4.78 is 5.66. The Morgan fingerprint density at radius 2 is 2.17 bits per heavy atom. The molecule has 0 unspecified atom stereocenters. The number of ether oxygens (including phenoxy) is 1. The summed E-state index contributed by atoms with van der Waals surface area (Å²) in [5.41, 5.74) is 3.28. The lowest BCUT2D eigenvalue weighted by Gasteiger charge is -2.40. The first-order valence-corrected chi connectivity index (χ1v) is 8.09. The Hall–Kier alpha value is -2.48. The first kappa shape index (κ1) is 14.1. The Morgan fingerprint density at radius 1 is 1.35 bits per heavy atom. The molecule has 3 amide bonds. The van der Waals surface area contributed by atoms with Crippen molar-refractivity contribution >= 4 is 39.5 Å². The molecule has 2 aliphatic rings. The van der Waals surface area contributed by atoms with Crippen LogP contribution in [0, 0.1) is 5.92 Å². The third-order valence-corrected chi connectivity index (χ3v) is 4.90. The van der Waals surface area contributed by atoms with Gasteiger partial charge in [-0.15, -0.1) is 11.3 Å². The Bertz CT molecular complexity index is 796. The van der Waals surface area contributed by atoms with E-state index in [2.05, 4.69) is 9.72 Å². The number of benzene rings is 1. The lowest BCUT2D eigenvalue weighted by molar-refractivity contribution is -0.126. The fraction of sp³-hybridized carbons (Fsp3) is 0.333. The van der Waals surface area contributed by atoms with Crippen LogP contribution in [0.15, 0.2) is 23.7 Å². The average molecular weight is 331 g/mol. The predicted molar refractivity (Wildman–Crippen MR) is 82.1 cm³/mol. The van der Waals surface area contributed by atoms with Gasteiger partial charge in [0.2, 0.25) is 0 Å². The smallest absolute Gasteiger partial charge is 0.417 e. The maximum Gasteiger partial charge on any atom is 0.417 e. The van der Waals surface area contributed by atoms with Crippen LogP contribution in [-0.2, 0) is 9.53 Å². The van der Waals surface area contributed by atoms with Crippen LogP contribution in [0.4, 0.5) is 4.79 Å². The maximum atomic E-state index is 12.4. The van der Waals surface area contributed by atoms with Crippen molar-refractivity contribution in [3.63, 3.8) is 0 Å². The highest BCUT2D eigenvalue weighted by molar-refractivity contribution is 7.16. The molecule has 8 heteroatoms. The van der Waals surface area contributed by atoms with Crippen molar-refractivity contribution in [3.05, 3.63) is 29.3 Å². The number of carbonyl (C=O) groups is 3. The third-order valence-electron chi connectivity index (χ3n) is 4.10. The molecule has 0 atom stereocenters. The van der Waals surface area contributed by atoms with Gasteiger partial charge >= 0.3 is 6.09 Å². The molecule has 0 N–H and O–H groups in total. The van der Waals surface area contributed by atoms with E-state index in [0.717, 1.165) is 15.1 Å². The predicted octanol–water partition coefficient (Wildman–Crippen LogP) is 1.35. The number of fused-ring (bicyclic) bond motifs is 1. The number of amides is 3. The number of imide groups is 1. The summed E-state index contributed by atoms with van der Waals surface area (Å²) in [6.07, 6.45) is -0.588. The molecule has 23 heavy (non-hydrogen) atoms. The van der Waals surface area contributed by atoms with Crippen LogP contribution in [0.3, 0.4) is 0 Å². The zero-order valence-electron chi connectivity index (χ0n) is 12.1. The van der Waals surface area contributed by atoms with Crippen LogP contribution in [0.2, 0.25) is 0 Å². The molecule has 0 aliphatic carbocycles. The van der Waals surface area contributed by atoms with Crippen molar-refractivity contribution in [2.75, 3.05) is 26.2 Å². The minimum absolute atomic E-state index is 0.0353. The highest BCUT2D eigenvalue weighted by atomic mass is 32.1. The number of likely N-dealkylation sites (tertiary alicyclic amines) is 1. The van der Waals surface area contributed by atoms with Gasteiger partial charge in [-0.05, 0) is 18.2 Å². The molecule has 118 valence electrons. The summed E-state index contributed by atoms with van der Waals surface area (Å²) in [6, 6.07) is 5.47. The van der Waals surface area contributed by atoms with Crippen LogP contribution < -0.4 is 0 Å². The zero-order chi connectivity index (χ0) is 16.0. The summed E-state index contributed by atoms with van der Waals surface area (Å²) in [5.74, 6) is -0.233. The first-order chi connectivity index (χ1) is 11.1. The fourth-order valence-corrected chi connectivity index (χ4v) is 3.55. The lowest BCUT2D eigenvalue weighted by Crippen LogP contribution is -2.54. The maximum absolute atomic E-state index is 12.4. The average Bonchev–Trinajstić information content (AvgIpc) is 3.09. The van der Waals surface area contributed by atoms with E-state index in [1.807, 2.05) is 12.1 Å². The van der Waals surface area contributed by atoms with Crippen molar-refractivity contribution in [1.29, 1.82) is 0 Å². The molecule has 3 heterocycles. The van der Waals surface area contributed by atoms with E-state index < -0.39 is 6.09 Å². The van der Waals surface area contributed by atoms with Crippen molar-refractivity contribution in [2.45, 2.75) is 0 Å². The van der Waals surface area contributed by atoms with Crippen molar-refractivity contribution < 1.29 is 19.1 Å². The fourth-order valence-electron chi connectivity index (χ4n) is 2.84. The molecule has 2 fully saturated rings. The summed E-state index contributed by atoms with van der Waals surface area (Å²) in [4.78, 5) is 42.4. The van der Waals surface area contributed by atoms with Gasteiger partial charge in [0.05, 0.1) is 15.7 Å². The van der Waals surface area contributed by atoms with Gasteiger partial charge in [-0.1, -0.05) is 0 Å². The van der Waals surface area contributed by atoms with Crippen molar-refractivity contribution in [3.8, 4) is 0 Å². The van der Waals surface area contributed by atoms with Crippen LogP contribution in [0.25, 0.3) is 10.2 Å². The number of thiazole rings is 1. The van der Waals surface area contributed by atoms with E-state index in [9.17, 15) is 14.4 Å². The largest absolute Gasteiger partial charge is 0.439 e. The molecule has 4 rings (SSSR count). The number of hydrogen-bond acceptors (Lipinski definition) is 6. The number of nitrogens with zero attached hydrogens (tertiary/aromatic N) is 3. The molecule has 0 radical (unpaired) electrons. The van der Waals surface area contributed by atoms with Gasteiger partial charge < -0.3 is 9.64 Å². The summed E-state index contributed by atoms with van der Waals surface area (Å²) in [7, 11) is 0. The van der Waals surface area contributed by atoms with Gasteiger partial charge in [0.1, 0.15) is 0 Å². The highest BCUT2D eigenvalue weighted by Gasteiger charge is 2.38. The minimum atomic E-state index is -0.588. The molecule has 0 saturated carbocycles. The Labute approximate surface area is 135 Å². The molecule has 2 aromatic rings. The Kier molecular flexibility index (Phi) is 3.26. The Morgan fingerprint density at radius 3 is 2.91 bits per heavy atom. The molecular formula is C15H13N3O4S. The second kappa shape index (κ2) is 5.31. The Balaban J connectivity index is 1.38. The van der Waals surface area contributed by atoms with E-state index in [1.54, 1.807) is 16.5 Å². The summed E-state index contributed by atoms with van der Waals surface area (Å²) >= 11 is 1.50. The monoisotopic (exact) mass is 331 g/mol. The van der Waals surface area contributed by atoms with E-state index in [0.29, 0.717) is 25.2 Å². The van der Waals surface area contributed by atoms with E-state index in [-0.39, 0.29) is 24.3 Å². The van der Waals surface area contributed by atoms with Gasteiger partial charge in [-0.25, -0.2) is 14.7 Å². The normalized spacial score (nSPS) is 18.4.